The third-order valence-corrected chi connectivity index (χ3v) is 6.11. The maximum absolute atomic E-state index is 13.0. The van der Waals surface area contributed by atoms with Crippen LogP contribution in [0.15, 0.2) is 70.7 Å². The average molecular weight is 560 g/mol. The first-order valence-corrected chi connectivity index (χ1v) is 11.6. The van der Waals surface area contributed by atoms with E-state index in [-0.39, 0.29) is 11.3 Å². The van der Waals surface area contributed by atoms with Gasteiger partial charge in [0.15, 0.2) is 5.75 Å². The van der Waals surface area contributed by atoms with Crippen LogP contribution in [0, 0.1) is 6.92 Å². The molecule has 4 rings (SSSR count). The second-order valence-corrected chi connectivity index (χ2v) is 9.22. The summed E-state index contributed by atoms with van der Waals surface area (Å²) in [5, 5.41) is 2.93. The maximum Gasteiger partial charge on any atom is 0.335 e. The molecule has 9 heteroatoms. The maximum atomic E-state index is 13.0. The van der Waals surface area contributed by atoms with Crippen LogP contribution in [-0.4, -0.2) is 17.8 Å². The fourth-order valence-corrected chi connectivity index (χ4v) is 4.52. The highest BCUT2D eigenvalue weighted by atomic mass is 79.9. The molecule has 3 aromatic carbocycles. The first kappa shape index (κ1) is 24.0. The fourth-order valence-electron chi connectivity index (χ4n) is 3.41. The van der Waals surface area contributed by atoms with Crippen LogP contribution in [-0.2, 0) is 16.2 Å². The predicted octanol–water partition coefficient (Wildman–Crippen LogP) is 6.31. The summed E-state index contributed by atoms with van der Waals surface area (Å²) in [7, 11) is 0. The Morgan fingerprint density at radius 2 is 1.76 bits per heavy atom. The van der Waals surface area contributed by atoms with E-state index in [4.69, 9.17) is 27.9 Å². The summed E-state index contributed by atoms with van der Waals surface area (Å²) in [6, 6.07) is 16.4. The molecule has 0 unspecified atom stereocenters. The number of imide groups is 2. The van der Waals surface area contributed by atoms with Crippen LogP contribution in [0.25, 0.3) is 6.08 Å². The Morgan fingerprint density at radius 3 is 2.44 bits per heavy atom. The zero-order valence-electron chi connectivity index (χ0n) is 17.8. The molecule has 1 aliphatic rings. The number of aryl methyl sites for hydroxylation is 1. The lowest BCUT2D eigenvalue weighted by molar-refractivity contribution is -0.122. The molecule has 34 heavy (non-hydrogen) atoms. The van der Waals surface area contributed by atoms with E-state index < -0.39 is 17.8 Å². The molecule has 3 aromatic rings. The van der Waals surface area contributed by atoms with Crippen LogP contribution >= 0.6 is 39.1 Å². The van der Waals surface area contributed by atoms with Crippen LogP contribution in [0.2, 0.25) is 10.0 Å². The zero-order chi connectivity index (χ0) is 24.4. The number of nitrogens with zero attached hydrogens (tertiary/aromatic N) is 1. The van der Waals surface area contributed by atoms with E-state index in [0.717, 1.165) is 16.0 Å². The summed E-state index contributed by atoms with van der Waals surface area (Å²) in [6.07, 6.45) is 1.37. The third-order valence-electron chi connectivity index (χ3n) is 4.98. The molecule has 1 N–H and O–H groups in total. The van der Waals surface area contributed by atoms with Gasteiger partial charge >= 0.3 is 6.03 Å². The number of hydrogen-bond donors (Lipinski definition) is 1. The van der Waals surface area contributed by atoms with Gasteiger partial charge in [-0.15, -0.1) is 0 Å². The highest BCUT2D eigenvalue weighted by Crippen LogP contribution is 2.36. The molecule has 0 bridgehead atoms. The van der Waals surface area contributed by atoms with Gasteiger partial charge in [0.25, 0.3) is 11.8 Å². The van der Waals surface area contributed by atoms with Gasteiger partial charge in [0.1, 0.15) is 12.2 Å². The Labute approximate surface area is 214 Å². The van der Waals surface area contributed by atoms with Gasteiger partial charge in [-0.2, -0.15) is 0 Å². The van der Waals surface area contributed by atoms with Gasteiger partial charge in [-0.25, -0.2) is 9.69 Å². The number of carbonyl (C=O) groups excluding carboxylic acids is 3. The molecule has 1 fully saturated rings. The average Bonchev–Trinajstić information content (AvgIpc) is 2.77. The van der Waals surface area contributed by atoms with Gasteiger partial charge in [0.2, 0.25) is 0 Å². The number of barbiturate groups is 1. The number of nitrogens with one attached hydrogen (secondary N) is 1. The first-order chi connectivity index (χ1) is 16.2. The summed E-state index contributed by atoms with van der Waals surface area (Å²) in [6.45, 7) is 2.32. The number of anilines is 1. The number of halogens is 3. The summed E-state index contributed by atoms with van der Waals surface area (Å²) in [5.74, 6) is -1.13. The van der Waals surface area contributed by atoms with Crippen molar-refractivity contribution in [3.63, 3.8) is 0 Å². The number of benzene rings is 3. The van der Waals surface area contributed by atoms with Gasteiger partial charge in [0.05, 0.1) is 15.2 Å². The van der Waals surface area contributed by atoms with Crippen molar-refractivity contribution in [3.8, 4) is 5.75 Å². The molecule has 172 valence electrons. The minimum absolute atomic E-state index is 0.217. The molecule has 1 heterocycles. The van der Waals surface area contributed by atoms with E-state index >= 15 is 0 Å². The quantitative estimate of drug-likeness (QED) is 0.293. The van der Waals surface area contributed by atoms with Crippen molar-refractivity contribution in [2.24, 2.45) is 0 Å². The molecule has 0 radical (unpaired) electrons. The number of rotatable bonds is 5. The molecule has 1 aliphatic heterocycles. The van der Waals surface area contributed by atoms with Crippen molar-refractivity contribution in [2.75, 3.05) is 4.90 Å². The van der Waals surface area contributed by atoms with Gasteiger partial charge in [-0.1, -0.05) is 53.0 Å². The van der Waals surface area contributed by atoms with Crippen LogP contribution in [0.3, 0.4) is 0 Å². The van der Waals surface area contributed by atoms with Gasteiger partial charge in [-0.3, -0.25) is 14.9 Å². The van der Waals surface area contributed by atoms with Crippen molar-refractivity contribution in [2.45, 2.75) is 13.5 Å². The van der Waals surface area contributed by atoms with E-state index in [1.54, 1.807) is 24.3 Å². The van der Waals surface area contributed by atoms with Crippen molar-refractivity contribution in [1.29, 1.82) is 0 Å². The Morgan fingerprint density at radius 1 is 1.03 bits per heavy atom. The zero-order valence-corrected chi connectivity index (χ0v) is 20.9. The highest BCUT2D eigenvalue weighted by molar-refractivity contribution is 9.10. The van der Waals surface area contributed by atoms with Gasteiger partial charge in [0, 0.05) is 5.02 Å². The molecular formula is C25H17BrCl2N2O4. The molecule has 1 saturated heterocycles. The number of carbonyl (C=O) groups is 3. The summed E-state index contributed by atoms with van der Waals surface area (Å²) in [4.78, 5) is 38.7. The van der Waals surface area contributed by atoms with Crippen LogP contribution in [0.5, 0.6) is 5.75 Å². The molecule has 0 atom stereocenters. The normalized spacial score (nSPS) is 15.0. The van der Waals surface area contributed by atoms with Crippen molar-refractivity contribution < 1.29 is 19.1 Å². The Kier molecular flexibility index (Phi) is 7.07. The Balaban J connectivity index is 1.60. The lowest BCUT2D eigenvalue weighted by Gasteiger charge is -2.26. The topological polar surface area (TPSA) is 75.7 Å². The van der Waals surface area contributed by atoms with E-state index in [0.29, 0.717) is 32.4 Å². The lowest BCUT2D eigenvalue weighted by atomic mass is 10.1. The van der Waals surface area contributed by atoms with E-state index in [2.05, 4.69) is 21.2 Å². The number of urea groups is 1. The van der Waals surface area contributed by atoms with Gasteiger partial charge < -0.3 is 4.74 Å². The molecule has 0 aromatic heterocycles. The minimum Gasteiger partial charge on any atom is -0.486 e. The van der Waals surface area contributed by atoms with Crippen molar-refractivity contribution >= 4 is 68.7 Å². The molecule has 4 amide bonds. The van der Waals surface area contributed by atoms with Crippen LogP contribution in [0.1, 0.15) is 16.7 Å². The number of hydrogen-bond acceptors (Lipinski definition) is 4. The molecule has 0 aliphatic carbocycles. The fraction of sp³-hybridized carbons (Fsp3) is 0.0800. The molecule has 0 saturated carbocycles. The first-order valence-electron chi connectivity index (χ1n) is 10.1. The third kappa shape index (κ3) is 5.17. The second-order valence-electron chi connectivity index (χ2n) is 7.53. The largest absolute Gasteiger partial charge is 0.486 e. The predicted molar refractivity (Wildman–Crippen MR) is 135 cm³/mol. The monoisotopic (exact) mass is 558 g/mol. The summed E-state index contributed by atoms with van der Waals surface area (Å²) < 4.78 is 6.43. The Hall–Kier alpha value is -3.13. The smallest absolute Gasteiger partial charge is 0.335 e. The molecular weight excluding hydrogens is 543 g/mol. The molecule has 0 spiro atoms. The van der Waals surface area contributed by atoms with Crippen molar-refractivity contribution in [1.82, 2.24) is 5.32 Å². The summed E-state index contributed by atoms with van der Waals surface area (Å²) in [5.41, 5.74) is 2.65. The van der Waals surface area contributed by atoms with Gasteiger partial charge in [-0.05, 0) is 76.5 Å². The second kappa shape index (κ2) is 10.0. The molecule has 6 nitrogen and oxygen atoms in total. The van der Waals surface area contributed by atoms with Crippen LogP contribution in [0.4, 0.5) is 10.5 Å². The standard InChI is InChI=1S/C25H17BrCl2N2O4/c1-14-3-2-4-15(9-14)13-34-22-20(26)11-16(12-21(22)28)10-19-23(31)29-25(33)30(24(19)32)18-7-5-17(27)6-8-18/h2-12H,13H2,1H3,(H,29,31,33)/b19-10+. The van der Waals surface area contributed by atoms with E-state index in [9.17, 15) is 14.4 Å². The number of ether oxygens (including phenoxy) is 1. The summed E-state index contributed by atoms with van der Waals surface area (Å²) >= 11 is 15.8. The minimum atomic E-state index is -0.839. The van der Waals surface area contributed by atoms with E-state index in [1.807, 2.05) is 31.2 Å². The van der Waals surface area contributed by atoms with Crippen LogP contribution < -0.4 is 15.0 Å². The highest BCUT2D eigenvalue weighted by Gasteiger charge is 2.36. The Bertz CT molecular complexity index is 1320. The van der Waals surface area contributed by atoms with E-state index in [1.165, 1.54) is 18.2 Å². The SMILES string of the molecule is Cc1cccc(COc2c(Cl)cc(/C=C3\C(=O)NC(=O)N(c4ccc(Cl)cc4)C3=O)cc2Br)c1. The number of amides is 4. The lowest BCUT2D eigenvalue weighted by Crippen LogP contribution is -2.54. The van der Waals surface area contributed by atoms with Crippen molar-refractivity contribution in [3.05, 3.63) is 97.4 Å².